The van der Waals surface area contributed by atoms with Crippen LogP contribution in [0.4, 0.5) is 32.0 Å². The van der Waals surface area contributed by atoms with E-state index in [9.17, 15) is 31.4 Å². The molecule has 1 aromatic carbocycles. The molecule has 0 radical (unpaired) electrons. The van der Waals surface area contributed by atoms with Gasteiger partial charge in [0.2, 0.25) is 0 Å². The number of rotatable bonds is 2. The zero-order valence-corrected chi connectivity index (χ0v) is 11.5. The van der Waals surface area contributed by atoms with Crippen molar-refractivity contribution in [3.05, 3.63) is 29.3 Å². The SMILES string of the molecule is OC(C1=NN(c2ccccc2Cl)CC1)(C(F)(F)F)C(F)(F)F. The molecule has 1 aromatic rings. The van der Waals surface area contributed by atoms with Crippen molar-refractivity contribution in [1.29, 1.82) is 0 Å². The van der Waals surface area contributed by atoms with Crippen LogP contribution in [0.2, 0.25) is 5.02 Å². The average Bonchev–Trinajstić information content (AvgIpc) is 2.85. The van der Waals surface area contributed by atoms with Gasteiger partial charge in [-0.05, 0) is 12.1 Å². The fraction of sp³-hybridized carbons (Fsp3) is 0.417. The van der Waals surface area contributed by atoms with Gasteiger partial charge >= 0.3 is 12.4 Å². The van der Waals surface area contributed by atoms with E-state index in [1.807, 2.05) is 0 Å². The lowest BCUT2D eigenvalue weighted by Gasteiger charge is -2.31. The number of hydrazone groups is 1. The monoisotopic (exact) mass is 346 g/mol. The Kier molecular flexibility index (Phi) is 4.07. The van der Waals surface area contributed by atoms with Crippen molar-refractivity contribution in [1.82, 2.24) is 0 Å². The van der Waals surface area contributed by atoms with Gasteiger partial charge < -0.3 is 5.11 Å². The molecular weight excluding hydrogens is 338 g/mol. The first kappa shape index (κ1) is 16.9. The summed E-state index contributed by atoms with van der Waals surface area (Å²) in [4.78, 5) is 0. The highest BCUT2D eigenvalue weighted by Gasteiger charge is 2.73. The molecule has 0 aromatic heterocycles. The van der Waals surface area contributed by atoms with Gasteiger partial charge in [0.15, 0.2) is 0 Å². The molecule has 10 heteroatoms. The van der Waals surface area contributed by atoms with Crippen LogP contribution in [0.5, 0.6) is 0 Å². The van der Waals surface area contributed by atoms with E-state index in [1.54, 1.807) is 6.07 Å². The summed E-state index contributed by atoms with van der Waals surface area (Å²) in [6.45, 7) is -0.256. The summed E-state index contributed by atoms with van der Waals surface area (Å²) in [5.74, 6) is 0. The first-order valence-corrected chi connectivity index (χ1v) is 6.32. The fourth-order valence-electron chi connectivity index (χ4n) is 2.03. The molecule has 122 valence electrons. The van der Waals surface area contributed by atoms with Crippen molar-refractivity contribution in [3.8, 4) is 0 Å². The maximum Gasteiger partial charge on any atom is 0.431 e. The van der Waals surface area contributed by atoms with Crippen molar-refractivity contribution in [2.45, 2.75) is 24.4 Å². The summed E-state index contributed by atoms with van der Waals surface area (Å²) in [7, 11) is 0. The number of hydrogen-bond donors (Lipinski definition) is 1. The minimum atomic E-state index is -5.93. The molecule has 0 atom stereocenters. The molecule has 0 spiro atoms. The van der Waals surface area contributed by atoms with Crippen LogP contribution >= 0.6 is 11.6 Å². The first-order chi connectivity index (χ1) is 9.98. The molecule has 0 saturated carbocycles. The van der Waals surface area contributed by atoms with Crippen LogP contribution in [0.1, 0.15) is 6.42 Å². The summed E-state index contributed by atoms with van der Waals surface area (Å²) in [5.41, 5.74) is -6.23. The quantitative estimate of drug-likeness (QED) is 0.828. The lowest BCUT2D eigenvalue weighted by molar-refractivity contribution is -0.338. The van der Waals surface area contributed by atoms with Crippen LogP contribution in [0.25, 0.3) is 0 Å². The summed E-state index contributed by atoms with van der Waals surface area (Å²) in [6, 6.07) is 5.88. The Morgan fingerprint density at radius 1 is 1.05 bits per heavy atom. The third-order valence-electron chi connectivity index (χ3n) is 3.17. The molecule has 0 unspecified atom stereocenters. The predicted molar refractivity (Wildman–Crippen MR) is 67.9 cm³/mol. The third kappa shape index (κ3) is 2.63. The smallest absolute Gasteiger partial charge is 0.369 e. The summed E-state index contributed by atoms with van der Waals surface area (Å²) < 4.78 is 76.6. The predicted octanol–water partition coefficient (Wildman–Crippen LogP) is 3.76. The maximum absolute atomic E-state index is 12.8. The standard InChI is InChI=1S/C12H9ClF6N2O/c13-7-3-1-2-4-8(7)21-6-5-9(20-21)10(22,11(14,15)16)12(17,18)19/h1-4,22H,5-6H2. The normalized spacial score (nSPS) is 16.9. The number of halogens is 7. The van der Waals surface area contributed by atoms with E-state index in [4.69, 9.17) is 11.6 Å². The number of hydrogen-bond acceptors (Lipinski definition) is 3. The zero-order chi connectivity index (χ0) is 16.8. The Morgan fingerprint density at radius 2 is 1.59 bits per heavy atom. The Balaban J connectivity index is 2.45. The molecule has 22 heavy (non-hydrogen) atoms. The van der Waals surface area contributed by atoms with Crippen molar-refractivity contribution in [2.24, 2.45) is 5.10 Å². The molecule has 1 aliphatic heterocycles. The van der Waals surface area contributed by atoms with Crippen molar-refractivity contribution in [3.63, 3.8) is 0 Å². The zero-order valence-electron chi connectivity index (χ0n) is 10.7. The molecule has 1 heterocycles. The highest BCUT2D eigenvalue weighted by Crippen LogP contribution is 2.46. The third-order valence-corrected chi connectivity index (χ3v) is 3.49. The largest absolute Gasteiger partial charge is 0.431 e. The summed E-state index contributed by atoms with van der Waals surface area (Å²) in [5, 5.41) is 13.6. The van der Waals surface area contributed by atoms with Crippen LogP contribution < -0.4 is 5.01 Å². The Bertz CT molecular complexity index is 584. The lowest BCUT2D eigenvalue weighted by atomic mass is 9.94. The first-order valence-electron chi connectivity index (χ1n) is 5.94. The minimum absolute atomic E-state index is 0.120. The molecule has 1 aliphatic rings. The van der Waals surface area contributed by atoms with Crippen LogP contribution in [0.3, 0.4) is 0 Å². The molecule has 0 saturated heterocycles. The van der Waals surface area contributed by atoms with Crippen molar-refractivity contribution in [2.75, 3.05) is 11.6 Å². The van der Waals surface area contributed by atoms with Crippen molar-refractivity contribution < 1.29 is 31.4 Å². The van der Waals surface area contributed by atoms with E-state index in [0.717, 1.165) is 5.01 Å². The van der Waals surface area contributed by atoms with E-state index in [0.29, 0.717) is 0 Å². The van der Waals surface area contributed by atoms with E-state index >= 15 is 0 Å². The molecule has 2 rings (SSSR count). The van der Waals surface area contributed by atoms with Gasteiger partial charge in [-0.15, -0.1) is 0 Å². The lowest BCUT2D eigenvalue weighted by Crippen LogP contribution is -2.62. The van der Waals surface area contributed by atoms with Gasteiger partial charge in [-0.25, -0.2) is 0 Å². The van der Waals surface area contributed by atoms with Crippen LogP contribution in [0.15, 0.2) is 29.4 Å². The van der Waals surface area contributed by atoms with Gasteiger partial charge in [0.25, 0.3) is 5.60 Å². The number of benzene rings is 1. The number of alkyl halides is 6. The Labute approximate surface area is 125 Å². The van der Waals surface area contributed by atoms with Gasteiger partial charge in [-0.3, -0.25) is 5.01 Å². The number of anilines is 1. The highest BCUT2D eigenvalue weighted by atomic mass is 35.5. The molecule has 0 amide bonds. The van der Waals surface area contributed by atoms with Gasteiger partial charge in [-0.2, -0.15) is 31.4 Å². The van der Waals surface area contributed by atoms with Crippen LogP contribution in [-0.2, 0) is 0 Å². The second-order valence-electron chi connectivity index (χ2n) is 4.58. The second kappa shape index (κ2) is 5.31. The maximum atomic E-state index is 12.8. The number of para-hydroxylation sites is 1. The van der Waals surface area contributed by atoms with E-state index in [2.05, 4.69) is 5.10 Å². The summed E-state index contributed by atoms with van der Waals surface area (Å²) >= 11 is 5.83. The van der Waals surface area contributed by atoms with Crippen LogP contribution in [0, 0.1) is 0 Å². The van der Waals surface area contributed by atoms with Crippen molar-refractivity contribution >= 4 is 23.0 Å². The van der Waals surface area contributed by atoms with Gasteiger partial charge in [0.1, 0.15) is 0 Å². The molecule has 1 N–H and O–H groups in total. The Morgan fingerprint density at radius 3 is 2.09 bits per heavy atom. The van der Waals surface area contributed by atoms with Gasteiger partial charge in [0.05, 0.1) is 16.4 Å². The van der Waals surface area contributed by atoms with Gasteiger partial charge in [0, 0.05) is 13.0 Å². The van der Waals surface area contributed by atoms with E-state index < -0.39 is 30.1 Å². The molecule has 3 nitrogen and oxygen atoms in total. The van der Waals surface area contributed by atoms with E-state index in [1.165, 1.54) is 18.2 Å². The molecule has 0 aliphatic carbocycles. The topological polar surface area (TPSA) is 35.8 Å². The highest BCUT2D eigenvalue weighted by molar-refractivity contribution is 6.33. The van der Waals surface area contributed by atoms with Gasteiger partial charge in [-0.1, -0.05) is 23.7 Å². The minimum Gasteiger partial charge on any atom is -0.369 e. The number of nitrogens with zero attached hydrogens (tertiary/aromatic N) is 2. The second-order valence-corrected chi connectivity index (χ2v) is 4.98. The van der Waals surface area contributed by atoms with E-state index in [-0.39, 0.29) is 17.3 Å². The fourth-order valence-corrected chi connectivity index (χ4v) is 2.27. The molecule has 0 fully saturated rings. The Hall–Kier alpha value is -1.48. The summed E-state index contributed by atoms with van der Waals surface area (Å²) in [6.07, 6.45) is -12.6. The average molecular weight is 347 g/mol. The number of aliphatic hydroxyl groups is 1. The molecular formula is C12H9ClF6N2O. The van der Waals surface area contributed by atoms with Crippen LogP contribution in [-0.4, -0.2) is 35.3 Å². The molecule has 0 bridgehead atoms.